The summed E-state index contributed by atoms with van der Waals surface area (Å²) in [6.45, 7) is 5.53. The molecular formula is C24H27Cl4NO3. The number of hydrogen-bond donors (Lipinski definition) is 0. The van der Waals surface area contributed by atoms with Crippen LogP contribution in [0.5, 0.6) is 11.5 Å². The Morgan fingerprint density at radius 2 is 1.69 bits per heavy atom. The maximum absolute atomic E-state index is 6.28. The Morgan fingerprint density at radius 1 is 1.00 bits per heavy atom. The molecule has 0 aliphatic heterocycles. The van der Waals surface area contributed by atoms with Crippen molar-refractivity contribution < 1.29 is 14.3 Å². The number of halogens is 4. The normalized spacial score (nSPS) is 11.1. The predicted octanol–water partition coefficient (Wildman–Crippen LogP) is 8.10. The summed E-state index contributed by atoms with van der Waals surface area (Å²) >= 11 is 23.7. The van der Waals surface area contributed by atoms with Gasteiger partial charge in [-0.2, -0.15) is 0 Å². The predicted molar refractivity (Wildman–Crippen MR) is 135 cm³/mol. The fraction of sp³-hybridized carbons (Fsp3) is 0.375. The van der Waals surface area contributed by atoms with E-state index in [1.807, 2.05) is 12.1 Å². The van der Waals surface area contributed by atoms with Crippen LogP contribution in [0, 0.1) is 5.92 Å². The standard InChI is InChI=1S/C24H27Cl4NO3/c1-17(2)16-32-29-15-19-8-6-18(7-9-19)5-3-4-11-31-24-21(25)13-20(14-22(24)26)30-12-10-23(27)28/h6-10,13-15,17H,3-5,11-12,16H2,1-2H3/b29-15+. The average Bonchev–Trinajstić information content (AvgIpc) is 2.73. The zero-order valence-electron chi connectivity index (χ0n) is 18.1. The van der Waals surface area contributed by atoms with Gasteiger partial charge < -0.3 is 14.3 Å². The van der Waals surface area contributed by atoms with Gasteiger partial charge in [0.25, 0.3) is 0 Å². The third kappa shape index (κ3) is 10.4. The largest absolute Gasteiger partial charge is 0.490 e. The van der Waals surface area contributed by atoms with Crippen LogP contribution < -0.4 is 9.47 Å². The molecule has 8 heteroatoms. The summed E-state index contributed by atoms with van der Waals surface area (Å²) in [5.74, 6) is 1.43. The summed E-state index contributed by atoms with van der Waals surface area (Å²) in [4.78, 5) is 5.22. The highest BCUT2D eigenvalue weighted by atomic mass is 35.5. The molecule has 0 aromatic heterocycles. The van der Waals surface area contributed by atoms with Crippen molar-refractivity contribution in [2.24, 2.45) is 11.1 Å². The van der Waals surface area contributed by atoms with Gasteiger partial charge in [-0.1, -0.05) is 89.7 Å². The van der Waals surface area contributed by atoms with Crippen LogP contribution in [0.4, 0.5) is 0 Å². The van der Waals surface area contributed by atoms with Crippen LogP contribution in [-0.2, 0) is 11.3 Å². The number of oxime groups is 1. The van der Waals surface area contributed by atoms with Crippen molar-refractivity contribution >= 4 is 52.6 Å². The van der Waals surface area contributed by atoms with Gasteiger partial charge in [0.05, 0.1) is 22.9 Å². The van der Waals surface area contributed by atoms with Gasteiger partial charge in [-0.3, -0.25) is 0 Å². The van der Waals surface area contributed by atoms with E-state index in [0.717, 1.165) is 24.8 Å². The van der Waals surface area contributed by atoms with E-state index >= 15 is 0 Å². The Balaban J connectivity index is 1.73. The van der Waals surface area contributed by atoms with Gasteiger partial charge in [-0.05, 0) is 42.4 Å². The topological polar surface area (TPSA) is 40.0 Å². The van der Waals surface area contributed by atoms with E-state index in [-0.39, 0.29) is 11.1 Å². The van der Waals surface area contributed by atoms with Crippen molar-refractivity contribution in [3.05, 3.63) is 68.1 Å². The Labute approximate surface area is 210 Å². The van der Waals surface area contributed by atoms with Gasteiger partial charge in [0, 0.05) is 12.1 Å². The van der Waals surface area contributed by atoms with E-state index in [0.29, 0.717) is 40.7 Å². The zero-order chi connectivity index (χ0) is 23.3. The molecule has 0 aliphatic carbocycles. The molecule has 0 unspecified atom stereocenters. The first-order valence-corrected chi connectivity index (χ1v) is 11.9. The summed E-state index contributed by atoms with van der Waals surface area (Å²) in [5.41, 5.74) is 2.27. The lowest BCUT2D eigenvalue weighted by Gasteiger charge is -2.12. The molecule has 0 amide bonds. The third-order valence-corrected chi connectivity index (χ3v) is 5.10. The van der Waals surface area contributed by atoms with Crippen LogP contribution in [0.25, 0.3) is 0 Å². The molecule has 0 spiro atoms. The molecule has 2 aromatic rings. The molecule has 4 nitrogen and oxygen atoms in total. The number of benzene rings is 2. The molecule has 0 heterocycles. The lowest BCUT2D eigenvalue weighted by atomic mass is 10.1. The van der Waals surface area contributed by atoms with Crippen molar-refractivity contribution in [2.45, 2.75) is 33.1 Å². The molecule has 0 N–H and O–H groups in total. The van der Waals surface area contributed by atoms with Crippen LogP contribution in [-0.4, -0.2) is 26.0 Å². The van der Waals surface area contributed by atoms with Crippen LogP contribution in [0.2, 0.25) is 10.0 Å². The van der Waals surface area contributed by atoms with Gasteiger partial charge in [-0.15, -0.1) is 0 Å². The molecule has 0 fully saturated rings. The Kier molecular flexibility index (Phi) is 12.1. The molecule has 0 radical (unpaired) electrons. The SMILES string of the molecule is CC(C)CO/N=C/c1ccc(CCCCOc2c(Cl)cc(OCC=C(Cl)Cl)cc2Cl)cc1. The first-order valence-electron chi connectivity index (χ1n) is 10.3. The Bertz CT molecular complexity index is 872. The third-order valence-electron chi connectivity index (χ3n) is 4.23. The fourth-order valence-corrected chi connectivity index (χ4v) is 3.33. The van der Waals surface area contributed by atoms with E-state index in [1.165, 1.54) is 11.6 Å². The lowest BCUT2D eigenvalue weighted by molar-refractivity contribution is 0.120. The van der Waals surface area contributed by atoms with E-state index in [2.05, 4.69) is 31.1 Å². The molecule has 0 saturated heterocycles. The molecule has 2 rings (SSSR count). The van der Waals surface area contributed by atoms with Crippen LogP contribution in [0.3, 0.4) is 0 Å². The fourth-order valence-electron chi connectivity index (χ4n) is 2.62. The van der Waals surface area contributed by atoms with Gasteiger partial charge in [0.2, 0.25) is 0 Å². The number of ether oxygens (including phenoxy) is 2. The first-order chi connectivity index (χ1) is 15.3. The first kappa shape index (κ1) is 26.7. The second-order valence-corrected chi connectivity index (χ2v) is 9.31. The minimum Gasteiger partial charge on any atom is -0.490 e. The minimum absolute atomic E-state index is 0.138. The number of aryl methyl sites for hydroxylation is 1. The number of rotatable bonds is 13. The molecule has 32 heavy (non-hydrogen) atoms. The average molecular weight is 519 g/mol. The second kappa shape index (κ2) is 14.5. The van der Waals surface area contributed by atoms with Gasteiger partial charge in [0.1, 0.15) is 23.5 Å². The second-order valence-electron chi connectivity index (χ2n) is 7.49. The number of unbranched alkanes of at least 4 members (excludes halogenated alkanes) is 1. The van der Waals surface area contributed by atoms with Crippen molar-refractivity contribution in [1.82, 2.24) is 0 Å². The van der Waals surface area contributed by atoms with Gasteiger partial charge in [0.15, 0.2) is 5.75 Å². The molecule has 2 aromatic carbocycles. The van der Waals surface area contributed by atoms with Crippen molar-refractivity contribution in [2.75, 3.05) is 19.8 Å². The molecular weight excluding hydrogens is 492 g/mol. The van der Waals surface area contributed by atoms with E-state index in [1.54, 1.807) is 18.3 Å². The smallest absolute Gasteiger partial charge is 0.156 e. The minimum atomic E-state index is 0.138. The van der Waals surface area contributed by atoms with Gasteiger partial charge >= 0.3 is 0 Å². The zero-order valence-corrected chi connectivity index (χ0v) is 21.1. The summed E-state index contributed by atoms with van der Waals surface area (Å²) in [6, 6.07) is 11.6. The maximum Gasteiger partial charge on any atom is 0.156 e. The molecule has 174 valence electrons. The summed E-state index contributed by atoms with van der Waals surface area (Å²) < 4.78 is 11.4. The summed E-state index contributed by atoms with van der Waals surface area (Å²) in [7, 11) is 0. The van der Waals surface area contributed by atoms with E-state index in [4.69, 9.17) is 60.7 Å². The quantitative estimate of drug-likeness (QED) is 0.153. The highest BCUT2D eigenvalue weighted by Gasteiger charge is 2.10. The van der Waals surface area contributed by atoms with E-state index in [9.17, 15) is 0 Å². The molecule has 0 atom stereocenters. The molecule has 0 saturated carbocycles. The lowest BCUT2D eigenvalue weighted by Crippen LogP contribution is -2.01. The Morgan fingerprint density at radius 3 is 2.31 bits per heavy atom. The number of hydrogen-bond acceptors (Lipinski definition) is 4. The van der Waals surface area contributed by atoms with Crippen molar-refractivity contribution in [3.63, 3.8) is 0 Å². The summed E-state index contributed by atoms with van der Waals surface area (Å²) in [5, 5.41) is 4.77. The maximum atomic E-state index is 6.28. The molecule has 0 aliphatic rings. The van der Waals surface area contributed by atoms with Crippen LogP contribution >= 0.6 is 46.4 Å². The number of nitrogens with zero attached hydrogens (tertiary/aromatic N) is 1. The van der Waals surface area contributed by atoms with Crippen LogP contribution in [0.15, 0.2) is 52.1 Å². The van der Waals surface area contributed by atoms with E-state index < -0.39 is 0 Å². The van der Waals surface area contributed by atoms with Crippen LogP contribution in [0.1, 0.15) is 37.8 Å². The van der Waals surface area contributed by atoms with Crippen molar-refractivity contribution in [1.29, 1.82) is 0 Å². The highest BCUT2D eigenvalue weighted by molar-refractivity contribution is 6.55. The van der Waals surface area contributed by atoms with Gasteiger partial charge in [-0.25, -0.2) is 0 Å². The monoisotopic (exact) mass is 517 g/mol. The van der Waals surface area contributed by atoms with Crippen molar-refractivity contribution in [3.8, 4) is 11.5 Å². The molecule has 0 bridgehead atoms. The Hall–Kier alpha value is -1.59. The highest BCUT2D eigenvalue weighted by Crippen LogP contribution is 2.37. The summed E-state index contributed by atoms with van der Waals surface area (Å²) in [6.07, 6.45) is 6.06.